The fourth-order valence-corrected chi connectivity index (χ4v) is 3.38. The molecule has 2 heteroatoms. The summed E-state index contributed by atoms with van der Waals surface area (Å²) in [5, 5.41) is 3.79. The number of hydrogen-bond acceptors (Lipinski definition) is 2. The van der Waals surface area contributed by atoms with Gasteiger partial charge in [0, 0.05) is 24.5 Å². The maximum Gasteiger partial charge on any atom is 0.0378 e. The summed E-state index contributed by atoms with van der Waals surface area (Å²) in [6.45, 7) is 4.66. The second-order valence-corrected chi connectivity index (χ2v) is 5.48. The first kappa shape index (κ1) is 10.3. The molecule has 0 aromatic heterocycles. The molecule has 0 spiro atoms. The third kappa shape index (κ3) is 1.56. The fraction of sp³-hybridized carbons (Fsp3) is 0.643. The van der Waals surface area contributed by atoms with E-state index in [0.29, 0.717) is 18.0 Å². The summed E-state index contributed by atoms with van der Waals surface area (Å²) in [5.41, 5.74) is 2.78. The van der Waals surface area contributed by atoms with Crippen LogP contribution in [0.2, 0.25) is 0 Å². The fourth-order valence-electron chi connectivity index (χ4n) is 3.38. The van der Waals surface area contributed by atoms with Crippen LogP contribution in [0.1, 0.15) is 33.1 Å². The maximum absolute atomic E-state index is 4.31. The molecule has 3 unspecified atom stereocenters. The Balaban J connectivity index is 1.96. The summed E-state index contributed by atoms with van der Waals surface area (Å²) < 4.78 is 0. The molecule has 0 aromatic carbocycles. The van der Waals surface area contributed by atoms with Crippen molar-refractivity contribution in [3.05, 3.63) is 23.4 Å². The molecule has 3 rings (SSSR count). The third-order valence-electron chi connectivity index (χ3n) is 4.28. The molecule has 1 N–H and O–H groups in total. The Labute approximate surface area is 97.5 Å². The molecule has 0 amide bonds. The minimum Gasteiger partial charge on any atom is -0.307 e. The molecular formula is C14H20N2. The van der Waals surface area contributed by atoms with Crippen LogP contribution in [0, 0.1) is 11.8 Å². The van der Waals surface area contributed by atoms with Crippen molar-refractivity contribution in [2.75, 3.05) is 0 Å². The minimum absolute atomic E-state index is 0.537. The van der Waals surface area contributed by atoms with Crippen LogP contribution in [0.15, 0.2) is 28.4 Å². The van der Waals surface area contributed by atoms with Crippen LogP contribution in [0.4, 0.5) is 0 Å². The van der Waals surface area contributed by atoms with Gasteiger partial charge in [-0.15, -0.1) is 0 Å². The topological polar surface area (TPSA) is 24.4 Å². The predicted octanol–water partition coefficient (Wildman–Crippen LogP) is 2.68. The molecule has 1 saturated heterocycles. The van der Waals surface area contributed by atoms with Crippen molar-refractivity contribution in [2.45, 2.75) is 45.2 Å². The highest BCUT2D eigenvalue weighted by Gasteiger charge is 2.36. The van der Waals surface area contributed by atoms with Crippen LogP contribution >= 0.6 is 0 Å². The Hall–Kier alpha value is -0.890. The van der Waals surface area contributed by atoms with E-state index in [2.05, 4.69) is 36.4 Å². The first-order valence-electron chi connectivity index (χ1n) is 6.47. The number of aliphatic imine (C=N–C) groups is 1. The zero-order valence-electron chi connectivity index (χ0n) is 10.1. The highest BCUT2D eigenvalue weighted by atomic mass is 15.0. The van der Waals surface area contributed by atoms with Crippen molar-refractivity contribution in [3.63, 3.8) is 0 Å². The molecule has 0 radical (unpaired) electrons. The quantitative estimate of drug-likeness (QED) is 0.661. The lowest BCUT2D eigenvalue weighted by Gasteiger charge is -2.36. The van der Waals surface area contributed by atoms with Crippen LogP contribution in [0.5, 0.6) is 0 Å². The van der Waals surface area contributed by atoms with Crippen molar-refractivity contribution in [1.29, 1.82) is 0 Å². The van der Waals surface area contributed by atoms with Gasteiger partial charge in [0.25, 0.3) is 0 Å². The zero-order valence-corrected chi connectivity index (χ0v) is 10.1. The summed E-state index contributed by atoms with van der Waals surface area (Å²) in [6, 6.07) is 1.18. The number of rotatable bonds is 0. The van der Waals surface area contributed by atoms with E-state index in [1.165, 1.54) is 30.4 Å². The highest BCUT2D eigenvalue weighted by Crippen LogP contribution is 2.38. The van der Waals surface area contributed by atoms with E-state index >= 15 is 0 Å². The van der Waals surface area contributed by atoms with Gasteiger partial charge in [0.1, 0.15) is 0 Å². The van der Waals surface area contributed by atoms with Crippen molar-refractivity contribution < 1.29 is 0 Å². The Morgan fingerprint density at radius 3 is 3.06 bits per heavy atom. The SMILES string of the molecule is CC1CCCC2C(C)C=C3C=NC=C3[C@H]2N1. The minimum atomic E-state index is 0.537. The van der Waals surface area contributed by atoms with E-state index in [0.717, 1.165) is 5.92 Å². The number of nitrogens with one attached hydrogen (secondary N) is 1. The van der Waals surface area contributed by atoms with Crippen LogP contribution in [-0.4, -0.2) is 18.3 Å². The van der Waals surface area contributed by atoms with E-state index in [-0.39, 0.29) is 0 Å². The largest absolute Gasteiger partial charge is 0.307 e. The molecule has 3 aliphatic rings. The van der Waals surface area contributed by atoms with Gasteiger partial charge in [-0.2, -0.15) is 0 Å². The van der Waals surface area contributed by atoms with Crippen molar-refractivity contribution >= 4 is 6.21 Å². The molecule has 16 heavy (non-hydrogen) atoms. The van der Waals surface area contributed by atoms with Gasteiger partial charge in [0.15, 0.2) is 0 Å². The van der Waals surface area contributed by atoms with Gasteiger partial charge >= 0.3 is 0 Å². The second kappa shape index (κ2) is 3.85. The van der Waals surface area contributed by atoms with Crippen molar-refractivity contribution in [1.82, 2.24) is 5.32 Å². The normalized spacial score (nSPS) is 41.9. The molecule has 2 aliphatic heterocycles. The van der Waals surface area contributed by atoms with Gasteiger partial charge in [0.2, 0.25) is 0 Å². The summed E-state index contributed by atoms with van der Waals surface area (Å²) in [6.07, 6.45) is 10.5. The molecule has 1 fully saturated rings. The van der Waals surface area contributed by atoms with Gasteiger partial charge in [-0.25, -0.2) is 0 Å². The van der Waals surface area contributed by atoms with Gasteiger partial charge in [-0.05, 0) is 42.7 Å². The second-order valence-electron chi connectivity index (χ2n) is 5.48. The predicted molar refractivity (Wildman–Crippen MR) is 67.5 cm³/mol. The van der Waals surface area contributed by atoms with Crippen LogP contribution in [0.3, 0.4) is 0 Å². The molecule has 1 aliphatic carbocycles. The molecule has 0 bridgehead atoms. The first-order chi connectivity index (χ1) is 7.75. The monoisotopic (exact) mass is 216 g/mol. The lowest BCUT2D eigenvalue weighted by Crippen LogP contribution is -2.44. The molecule has 4 atom stereocenters. The number of hydrogen-bond donors (Lipinski definition) is 1. The number of nitrogens with zero attached hydrogens (tertiary/aromatic N) is 1. The third-order valence-corrected chi connectivity index (χ3v) is 4.28. The smallest absolute Gasteiger partial charge is 0.0378 e. The van der Waals surface area contributed by atoms with E-state index < -0.39 is 0 Å². The molecule has 2 heterocycles. The standard InChI is InChI=1S/C14H20N2/c1-9-6-11-7-15-8-13(11)14-12(9)5-3-4-10(2)16-14/h6-10,12,14,16H,3-5H2,1-2H3/t9?,10?,12?,14-/m0/s1. The Kier molecular flexibility index (Phi) is 2.47. The number of fused-ring (bicyclic) bond motifs is 3. The van der Waals surface area contributed by atoms with Gasteiger partial charge in [-0.1, -0.05) is 19.4 Å². The van der Waals surface area contributed by atoms with Crippen molar-refractivity contribution in [3.8, 4) is 0 Å². The maximum atomic E-state index is 4.31. The van der Waals surface area contributed by atoms with Crippen LogP contribution in [-0.2, 0) is 0 Å². The summed E-state index contributed by atoms with van der Waals surface area (Å²) in [4.78, 5) is 4.31. The summed E-state index contributed by atoms with van der Waals surface area (Å²) >= 11 is 0. The van der Waals surface area contributed by atoms with Gasteiger partial charge < -0.3 is 5.32 Å². The Bertz CT molecular complexity index is 378. The molecule has 0 aromatic rings. The van der Waals surface area contributed by atoms with E-state index in [9.17, 15) is 0 Å². The number of allylic oxidation sites excluding steroid dienone is 1. The van der Waals surface area contributed by atoms with Crippen molar-refractivity contribution in [2.24, 2.45) is 16.8 Å². The lowest BCUT2D eigenvalue weighted by molar-refractivity contribution is 0.311. The molecular weight excluding hydrogens is 196 g/mol. The van der Waals surface area contributed by atoms with E-state index in [1.54, 1.807) is 0 Å². The summed E-state index contributed by atoms with van der Waals surface area (Å²) in [5.74, 6) is 1.45. The average molecular weight is 216 g/mol. The van der Waals surface area contributed by atoms with Crippen LogP contribution < -0.4 is 5.32 Å². The molecule has 86 valence electrons. The van der Waals surface area contributed by atoms with E-state index in [4.69, 9.17) is 0 Å². The van der Waals surface area contributed by atoms with Crippen LogP contribution in [0.25, 0.3) is 0 Å². The van der Waals surface area contributed by atoms with Gasteiger partial charge in [0.05, 0.1) is 0 Å². The average Bonchev–Trinajstić information content (AvgIpc) is 2.60. The Morgan fingerprint density at radius 1 is 1.31 bits per heavy atom. The summed E-state index contributed by atoms with van der Waals surface area (Å²) in [7, 11) is 0. The van der Waals surface area contributed by atoms with E-state index in [1.807, 2.05) is 6.21 Å². The first-order valence-corrected chi connectivity index (χ1v) is 6.47. The molecule has 2 nitrogen and oxygen atoms in total. The highest BCUT2D eigenvalue weighted by molar-refractivity contribution is 5.89. The lowest BCUT2D eigenvalue weighted by atomic mass is 9.74. The molecule has 0 saturated carbocycles. The zero-order chi connectivity index (χ0) is 11.1. The van der Waals surface area contributed by atoms with Gasteiger partial charge in [-0.3, -0.25) is 4.99 Å². The Morgan fingerprint density at radius 2 is 2.19 bits per heavy atom.